The summed E-state index contributed by atoms with van der Waals surface area (Å²) in [6.45, 7) is 5.82. The van der Waals surface area contributed by atoms with Gasteiger partial charge in [0.25, 0.3) is 0 Å². The minimum absolute atomic E-state index is 0.453. The van der Waals surface area contributed by atoms with Crippen LogP contribution < -0.4 is 0 Å². The Kier molecular flexibility index (Phi) is 4.04. The van der Waals surface area contributed by atoms with Crippen LogP contribution in [0.5, 0.6) is 0 Å². The van der Waals surface area contributed by atoms with Gasteiger partial charge < -0.3 is 10.2 Å². The van der Waals surface area contributed by atoms with Gasteiger partial charge in [0.15, 0.2) is 0 Å². The van der Waals surface area contributed by atoms with Gasteiger partial charge in [0.1, 0.15) is 0 Å². The van der Waals surface area contributed by atoms with Crippen molar-refractivity contribution in [2.75, 3.05) is 0 Å². The van der Waals surface area contributed by atoms with Crippen LogP contribution >= 0.6 is 11.3 Å². The molecule has 2 unspecified atom stereocenters. The van der Waals surface area contributed by atoms with Crippen LogP contribution in [0.1, 0.15) is 28.9 Å². The molecule has 0 aliphatic carbocycles. The number of rotatable bonds is 4. The van der Waals surface area contributed by atoms with Gasteiger partial charge >= 0.3 is 0 Å². The van der Waals surface area contributed by atoms with Gasteiger partial charge in [0.05, 0.1) is 22.9 Å². The number of thiazole rings is 1. The smallest absolute Gasteiger partial charge is 0.0957 e. The standard InChI is InChI=1S/C10H17NO2S/c1-4-8(12)9(13)5-10-11-6(2)7(3)14-10/h8-9,12-13H,4-5H2,1-3H3. The average Bonchev–Trinajstić information content (AvgIpc) is 2.44. The van der Waals surface area contributed by atoms with E-state index in [0.717, 1.165) is 10.7 Å². The van der Waals surface area contributed by atoms with E-state index in [1.807, 2.05) is 20.8 Å². The maximum Gasteiger partial charge on any atom is 0.0957 e. The molecule has 2 atom stereocenters. The van der Waals surface area contributed by atoms with Gasteiger partial charge in [-0.15, -0.1) is 11.3 Å². The molecule has 1 rings (SSSR count). The van der Waals surface area contributed by atoms with E-state index < -0.39 is 12.2 Å². The summed E-state index contributed by atoms with van der Waals surface area (Å²) in [5, 5.41) is 19.9. The number of hydrogen-bond donors (Lipinski definition) is 2. The predicted octanol–water partition coefficient (Wildman–Crippen LogP) is 1.43. The second-order valence-corrected chi connectivity index (χ2v) is 4.78. The molecule has 4 heteroatoms. The molecule has 3 nitrogen and oxygen atoms in total. The lowest BCUT2D eigenvalue weighted by atomic mass is 10.1. The fraction of sp³-hybridized carbons (Fsp3) is 0.700. The fourth-order valence-corrected chi connectivity index (χ4v) is 2.20. The Balaban J connectivity index is 2.60. The van der Waals surface area contributed by atoms with E-state index in [2.05, 4.69) is 4.98 Å². The third-order valence-corrected chi connectivity index (χ3v) is 3.41. The highest BCUT2D eigenvalue weighted by atomic mass is 32.1. The number of aliphatic hydroxyl groups excluding tert-OH is 2. The summed E-state index contributed by atoms with van der Waals surface area (Å²) in [4.78, 5) is 5.49. The molecule has 0 aliphatic rings. The molecule has 0 fully saturated rings. The van der Waals surface area contributed by atoms with Crippen molar-refractivity contribution in [3.8, 4) is 0 Å². The van der Waals surface area contributed by atoms with Crippen LogP contribution in [0, 0.1) is 13.8 Å². The van der Waals surface area contributed by atoms with E-state index in [1.165, 1.54) is 4.88 Å². The van der Waals surface area contributed by atoms with E-state index >= 15 is 0 Å². The van der Waals surface area contributed by atoms with Crippen LogP contribution in [0.15, 0.2) is 0 Å². The summed E-state index contributed by atoms with van der Waals surface area (Å²) in [6.07, 6.45) is -0.303. The number of aliphatic hydroxyl groups is 2. The molecular formula is C10H17NO2S. The molecule has 0 bridgehead atoms. The van der Waals surface area contributed by atoms with E-state index in [-0.39, 0.29) is 0 Å². The Morgan fingerprint density at radius 3 is 2.36 bits per heavy atom. The van der Waals surface area contributed by atoms with Gasteiger partial charge in [0.2, 0.25) is 0 Å². The zero-order chi connectivity index (χ0) is 10.7. The summed E-state index contributed by atoms with van der Waals surface area (Å²) in [6, 6.07) is 0. The maximum atomic E-state index is 9.59. The molecule has 0 spiro atoms. The zero-order valence-electron chi connectivity index (χ0n) is 8.82. The molecule has 0 radical (unpaired) electrons. The van der Waals surface area contributed by atoms with Crippen LogP contribution in [-0.2, 0) is 6.42 Å². The van der Waals surface area contributed by atoms with Crippen molar-refractivity contribution in [2.45, 2.75) is 45.8 Å². The minimum atomic E-state index is -0.690. The molecule has 1 aromatic rings. The van der Waals surface area contributed by atoms with Crippen molar-refractivity contribution in [3.05, 3.63) is 15.6 Å². The van der Waals surface area contributed by atoms with E-state index in [1.54, 1.807) is 11.3 Å². The average molecular weight is 215 g/mol. The fourth-order valence-electron chi connectivity index (χ4n) is 1.21. The molecule has 1 heterocycles. The third kappa shape index (κ3) is 2.77. The van der Waals surface area contributed by atoms with Gasteiger partial charge in [-0.2, -0.15) is 0 Å². The first-order chi connectivity index (χ1) is 6.54. The summed E-state index contributed by atoms with van der Waals surface area (Å²) in [5.74, 6) is 0. The van der Waals surface area contributed by atoms with E-state index in [0.29, 0.717) is 12.8 Å². The number of aromatic nitrogens is 1. The van der Waals surface area contributed by atoms with Crippen molar-refractivity contribution < 1.29 is 10.2 Å². The Morgan fingerprint density at radius 2 is 1.93 bits per heavy atom. The summed E-state index contributed by atoms with van der Waals surface area (Å²) in [7, 11) is 0. The van der Waals surface area contributed by atoms with Crippen LogP contribution in [0.25, 0.3) is 0 Å². The highest BCUT2D eigenvalue weighted by Gasteiger charge is 2.16. The normalized spacial score (nSPS) is 15.5. The molecule has 2 N–H and O–H groups in total. The van der Waals surface area contributed by atoms with Crippen molar-refractivity contribution in [1.82, 2.24) is 4.98 Å². The Hall–Kier alpha value is -0.450. The van der Waals surface area contributed by atoms with Gasteiger partial charge in [-0.3, -0.25) is 0 Å². The maximum absolute atomic E-state index is 9.59. The summed E-state index contributed by atoms with van der Waals surface area (Å²) < 4.78 is 0. The minimum Gasteiger partial charge on any atom is -0.390 e. The van der Waals surface area contributed by atoms with Gasteiger partial charge in [-0.25, -0.2) is 4.98 Å². The highest BCUT2D eigenvalue weighted by Crippen LogP contribution is 2.18. The SMILES string of the molecule is CCC(O)C(O)Cc1nc(C)c(C)s1. The molecular weight excluding hydrogens is 198 g/mol. The van der Waals surface area contributed by atoms with Crippen molar-refractivity contribution in [2.24, 2.45) is 0 Å². The Bertz CT molecular complexity index is 279. The first-order valence-corrected chi connectivity index (χ1v) is 5.65. The second-order valence-electron chi connectivity index (χ2n) is 3.50. The molecule has 0 amide bonds. The molecule has 0 aliphatic heterocycles. The van der Waals surface area contributed by atoms with Crippen LogP contribution in [-0.4, -0.2) is 27.4 Å². The summed E-state index contributed by atoms with van der Waals surface area (Å²) in [5.41, 5.74) is 1.02. The molecule has 0 saturated carbocycles. The number of hydrogen-bond acceptors (Lipinski definition) is 4. The quantitative estimate of drug-likeness (QED) is 0.799. The van der Waals surface area contributed by atoms with Crippen LogP contribution in [0.3, 0.4) is 0 Å². The highest BCUT2D eigenvalue weighted by molar-refractivity contribution is 7.11. The molecule has 1 aromatic heterocycles. The zero-order valence-corrected chi connectivity index (χ0v) is 9.64. The lowest BCUT2D eigenvalue weighted by molar-refractivity contribution is 0.0181. The van der Waals surface area contributed by atoms with Crippen molar-refractivity contribution >= 4 is 11.3 Å². The number of aryl methyl sites for hydroxylation is 2. The lowest BCUT2D eigenvalue weighted by Crippen LogP contribution is -2.27. The Morgan fingerprint density at radius 1 is 1.29 bits per heavy atom. The largest absolute Gasteiger partial charge is 0.390 e. The van der Waals surface area contributed by atoms with Crippen LogP contribution in [0.2, 0.25) is 0 Å². The van der Waals surface area contributed by atoms with E-state index in [9.17, 15) is 10.2 Å². The van der Waals surface area contributed by atoms with E-state index in [4.69, 9.17) is 0 Å². The molecule has 14 heavy (non-hydrogen) atoms. The summed E-state index contributed by atoms with van der Waals surface area (Å²) >= 11 is 1.59. The van der Waals surface area contributed by atoms with Crippen molar-refractivity contribution in [3.63, 3.8) is 0 Å². The first-order valence-electron chi connectivity index (χ1n) is 4.83. The monoisotopic (exact) mass is 215 g/mol. The predicted molar refractivity (Wildman–Crippen MR) is 57.6 cm³/mol. The Labute approximate surface area is 88.4 Å². The lowest BCUT2D eigenvalue weighted by Gasteiger charge is -2.14. The van der Waals surface area contributed by atoms with Gasteiger partial charge in [0, 0.05) is 11.3 Å². The number of nitrogens with zero attached hydrogens (tertiary/aromatic N) is 1. The van der Waals surface area contributed by atoms with Crippen molar-refractivity contribution in [1.29, 1.82) is 0 Å². The van der Waals surface area contributed by atoms with Crippen LogP contribution in [0.4, 0.5) is 0 Å². The molecule has 80 valence electrons. The first kappa shape index (κ1) is 11.6. The van der Waals surface area contributed by atoms with Gasteiger partial charge in [-0.1, -0.05) is 6.92 Å². The third-order valence-electron chi connectivity index (χ3n) is 2.32. The molecule has 0 saturated heterocycles. The second kappa shape index (κ2) is 4.87. The topological polar surface area (TPSA) is 53.4 Å². The van der Waals surface area contributed by atoms with Gasteiger partial charge in [-0.05, 0) is 20.3 Å². The molecule has 0 aromatic carbocycles.